The molecule has 0 saturated heterocycles. The average molecular weight is 372 g/mol. The maximum Gasteiger partial charge on any atom is 0.414 e. The topological polar surface area (TPSA) is 99.0 Å². The largest absolute Gasteiger partial charge is 0.473 e. The van der Waals surface area contributed by atoms with Crippen LogP contribution in [0.1, 0.15) is 6.92 Å². The fraction of sp³-hybridized carbons (Fsp3) is 0.211. The van der Waals surface area contributed by atoms with E-state index >= 15 is 0 Å². The summed E-state index contributed by atoms with van der Waals surface area (Å²) in [6, 6.07) is 19.1. The van der Waals surface area contributed by atoms with Gasteiger partial charge in [0.1, 0.15) is 5.84 Å². The zero-order chi connectivity index (χ0) is 18.9. The second-order valence-electron chi connectivity index (χ2n) is 5.43. The molecular formula is C19H20N2O4S. The number of hydrogen-bond acceptors (Lipinski definition) is 5. The lowest BCUT2D eigenvalue weighted by molar-refractivity contribution is -0.159. The number of rotatable bonds is 4. The molecule has 3 rings (SSSR count). The van der Waals surface area contributed by atoms with Crippen LogP contribution in [0.5, 0.6) is 0 Å². The fourth-order valence-corrected chi connectivity index (χ4v) is 3.48. The molecule has 136 valence electrons. The zero-order valence-corrected chi connectivity index (χ0v) is 15.1. The van der Waals surface area contributed by atoms with Crippen LogP contribution in [0.2, 0.25) is 0 Å². The minimum absolute atomic E-state index is 0.363. The van der Waals surface area contributed by atoms with Crippen molar-refractivity contribution >= 4 is 29.5 Å². The van der Waals surface area contributed by atoms with Gasteiger partial charge in [0.15, 0.2) is 0 Å². The predicted molar refractivity (Wildman–Crippen MR) is 103 cm³/mol. The Kier molecular flexibility index (Phi) is 7.23. The number of carboxylic acids is 2. The van der Waals surface area contributed by atoms with Crippen LogP contribution in [0, 0.1) is 0 Å². The molecule has 1 aliphatic rings. The molecule has 2 aromatic rings. The summed E-state index contributed by atoms with van der Waals surface area (Å²) >= 11 is 1.87. The molecule has 0 radical (unpaired) electrons. The summed E-state index contributed by atoms with van der Waals surface area (Å²) in [6.45, 7) is 4.09. The number of hydrogen-bond donors (Lipinski definition) is 3. The van der Waals surface area contributed by atoms with E-state index in [9.17, 15) is 0 Å². The first-order chi connectivity index (χ1) is 12.5. The summed E-state index contributed by atoms with van der Waals surface area (Å²) in [4.78, 5) is 24.0. The van der Waals surface area contributed by atoms with Gasteiger partial charge in [-0.3, -0.25) is 4.99 Å². The first kappa shape index (κ1) is 19.5. The van der Waals surface area contributed by atoms with Gasteiger partial charge in [-0.2, -0.15) is 0 Å². The Bertz CT molecular complexity index is 781. The van der Waals surface area contributed by atoms with Crippen molar-refractivity contribution in [3.05, 3.63) is 54.6 Å². The number of nitrogens with zero attached hydrogens (tertiary/aromatic N) is 1. The number of carbonyl (C=O) groups is 2. The van der Waals surface area contributed by atoms with E-state index in [2.05, 4.69) is 71.8 Å². The smallest absolute Gasteiger partial charge is 0.414 e. The van der Waals surface area contributed by atoms with Crippen LogP contribution in [-0.2, 0) is 9.59 Å². The molecule has 0 bridgehead atoms. The number of amidine groups is 1. The molecule has 0 fully saturated rings. The van der Waals surface area contributed by atoms with E-state index < -0.39 is 11.9 Å². The van der Waals surface area contributed by atoms with Gasteiger partial charge in [0.2, 0.25) is 0 Å². The second kappa shape index (κ2) is 9.62. The molecule has 0 spiro atoms. The fourth-order valence-electron chi connectivity index (χ4n) is 2.36. The molecule has 0 amide bonds. The first-order valence-electron chi connectivity index (χ1n) is 8.04. The average Bonchev–Trinajstić information content (AvgIpc) is 3.18. The van der Waals surface area contributed by atoms with Gasteiger partial charge in [-0.05, 0) is 24.1 Å². The third kappa shape index (κ3) is 5.63. The van der Waals surface area contributed by atoms with E-state index in [4.69, 9.17) is 19.8 Å². The van der Waals surface area contributed by atoms with Crippen LogP contribution in [0.15, 0.2) is 64.5 Å². The summed E-state index contributed by atoms with van der Waals surface area (Å²) in [5, 5.41) is 18.5. The Morgan fingerprint density at radius 1 is 1.04 bits per heavy atom. The maximum absolute atomic E-state index is 9.10. The van der Waals surface area contributed by atoms with Crippen LogP contribution < -0.4 is 5.32 Å². The van der Waals surface area contributed by atoms with E-state index in [1.54, 1.807) is 0 Å². The van der Waals surface area contributed by atoms with Crippen molar-refractivity contribution in [1.82, 2.24) is 5.32 Å². The minimum atomic E-state index is -1.82. The standard InChI is InChI=1S/C17H18N2S.C2H2O4/c1-13(17-18-11-12-19-17)20-16-10-6-5-9-15(16)14-7-3-2-4-8-14;3-1(4)2(5)6/h2-10,13H,11-12H2,1H3,(H,18,19);(H,3,4)(H,5,6). The summed E-state index contributed by atoms with van der Waals surface area (Å²) in [5.41, 5.74) is 2.56. The van der Waals surface area contributed by atoms with Crippen molar-refractivity contribution in [1.29, 1.82) is 0 Å². The van der Waals surface area contributed by atoms with Gasteiger partial charge in [0.05, 0.1) is 11.8 Å². The lowest BCUT2D eigenvalue weighted by Crippen LogP contribution is -2.26. The molecule has 1 unspecified atom stereocenters. The Morgan fingerprint density at radius 3 is 2.23 bits per heavy atom. The van der Waals surface area contributed by atoms with Crippen LogP contribution >= 0.6 is 11.8 Å². The summed E-state index contributed by atoms with van der Waals surface area (Å²) in [7, 11) is 0. The molecule has 2 aromatic carbocycles. The van der Waals surface area contributed by atoms with Crippen LogP contribution in [0.3, 0.4) is 0 Å². The number of thioether (sulfide) groups is 1. The monoisotopic (exact) mass is 372 g/mol. The van der Waals surface area contributed by atoms with Crippen molar-refractivity contribution in [2.24, 2.45) is 4.99 Å². The minimum Gasteiger partial charge on any atom is -0.473 e. The maximum atomic E-state index is 9.10. The Hall–Kier alpha value is -2.80. The molecular weight excluding hydrogens is 352 g/mol. The van der Waals surface area contributed by atoms with Gasteiger partial charge in [0.25, 0.3) is 0 Å². The highest BCUT2D eigenvalue weighted by Crippen LogP contribution is 2.34. The molecule has 3 N–H and O–H groups in total. The number of aliphatic imine (C=N–C) groups is 1. The molecule has 26 heavy (non-hydrogen) atoms. The third-order valence-electron chi connectivity index (χ3n) is 3.54. The highest BCUT2D eigenvalue weighted by Gasteiger charge is 2.16. The van der Waals surface area contributed by atoms with Crippen LogP contribution in [0.25, 0.3) is 11.1 Å². The first-order valence-corrected chi connectivity index (χ1v) is 8.92. The van der Waals surface area contributed by atoms with E-state index in [1.807, 2.05) is 11.8 Å². The van der Waals surface area contributed by atoms with Gasteiger partial charge < -0.3 is 15.5 Å². The molecule has 0 aliphatic carbocycles. The van der Waals surface area contributed by atoms with E-state index in [0.29, 0.717) is 5.25 Å². The summed E-state index contributed by atoms with van der Waals surface area (Å²) in [5.74, 6) is -2.53. The molecule has 1 heterocycles. The van der Waals surface area contributed by atoms with E-state index in [1.165, 1.54) is 16.0 Å². The number of carboxylic acid groups (broad SMARTS) is 2. The van der Waals surface area contributed by atoms with Crippen molar-refractivity contribution < 1.29 is 19.8 Å². The summed E-state index contributed by atoms with van der Waals surface area (Å²) in [6.07, 6.45) is 0. The SMILES string of the molecule is CC(Sc1ccccc1-c1ccccc1)C1=NCCN1.O=C(O)C(=O)O. The van der Waals surface area contributed by atoms with Gasteiger partial charge in [-0.15, -0.1) is 11.8 Å². The van der Waals surface area contributed by atoms with Gasteiger partial charge >= 0.3 is 11.9 Å². The predicted octanol–water partition coefficient (Wildman–Crippen LogP) is 2.99. The summed E-state index contributed by atoms with van der Waals surface area (Å²) < 4.78 is 0. The molecule has 1 aliphatic heterocycles. The van der Waals surface area contributed by atoms with Crippen molar-refractivity contribution in [2.45, 2.75) is 17.1 Å². The molecule has 1 atom stereocenters. The van der Waals surface area contributed by atoms with Gasteiger partial charge in [-0.25, -0.2) is 9.59 Å². The number of aliphatic carboxylic acids is 2. The Balaban J connectivity index is 0.000000352. The highest BCUT2D eigenvalue weighted by atomic mass is 32.2. The Morgan fingerprint density at radius 2 is 1.65 bits per heavy atom. The molecule has 0 saturated carbocycles. The lowest BCUT2D eigenvalue weighted by Gasteiger charge is -2.15. The van der Waals surface area contributed by atoms with E-state index in [-0.39, 0.29) is 0 Å². The quantitative estimate of drug-likeness (QED) is 0.564. The number of nitrogens with one attached hydrogen (secondary N) is 1. The van der Waals surface area contributed by atoms with Gasteiger partial charge in [-0.1, -0.05) is 48.5 Å². The molecule has 6 nitrogen and oxygen atoms in total. The van der Waals surface area contributed by atoms with Gasteiger partial charge in [0, 0.05) is 11.4 Å². The third-order valence-corrected chi connectivity index (χ3v) is 4.73. The van der Waals surface area contributed by atoms with Crippen LogP contribution in [-0.4, -0.2) is 46.3 Å². The molecule has 0 aromatic heterocycles. The lowest BCUT2D eigenvalue weighted by atomic mass is 10.1. The molecule has 7 heteroatoms. The zero-order valence-electron chi connectivity index (χ0n) is 14.3. The van der Waals surface area contributed by atoms with Crippen LogP contribution in [0.4, 0.5) is 0 Å². The highest BCUT2D eigenvalue weighted by molar-refractivity contribution is 8.00. The Labute approximate surface area is 156 Å². The normalized spacial score (nSPS) is 13.7. The van der Waals surface area contributed by atoms with Crippen molar-refractivity contribution in [3.63, 3.8) is 0 Å². The number of benzene rings is 2. The van der Waals surface area contributed by atoms with E-state index in [0.717, 1.165) is 18.9 Å². The second-order valence-corrected chi connectivity index (χ2v) is 6.81. The van der Waals surface area contributed by atoms with Crippen molar-refractivity contribution in [2.75, 3.05) is 13.1 Å². The van der Waals surface area contributed by atoms with Crippen molar-refractivity contribution in [3.8, 4) is 11.1 Å².